The van der Waals surface area contributed by atoms with Crippen LogP contribution in [0.5, 0.6) is 0 Å². The predicted octanol–water partition coefficient (Wildman–Crippen LogP) is 1.10. The number of hydrogen-bond donors (Lipinski definition) is 0. The Balaban J connectivity index is 2.13. The van der Waals surface area contributed by atoms with Crippen LogP contribution in [-0.2, 0) is 4.79 Å². The molecule has 82 valence electrons. The van der Waals surface area contributed by atoms with E-state index in [1.807, 2.05) is 7.05 Å². The minimum Gasteiger partial charge on any atom is -0.346 e. The molecule has 5 heteroatoms. The topological polar surface area (TPSA) is 59.2 Å². The zero-order valence-electron chi connectivity index (χ0n) is 9.06. The number of hydrogen-bond acceptors (Lipinski definition) is 4. The van der Waals surface area contributed by atoms with E-state index in [9.17, 15) is 4.79 Å². The highest BCUT2D eigenvalue weighted by Crippen LogP contribution is 2.25. The Bertz CT molecular complexity index is 361. The number of aromatic nitrogens is 2. The maximum absolute atomic E-state index is 11.6. The zero-order chi connectivity index (χ0) is 10.8. The predicted molar refractivity (Wildman–Crippen MR) is 53.3 cm³/mol. The van der Waals surface area contributed by atoms with E-state index in [1.54, 1.807) is 11.8 Å². The molecule has 0 bridgehead atoms. The number of rotatable bonds is 1. The van der Waals surface area contributed by atoms with E-state index in [-0.39, 0.29) is 11.8 Å². The molecule has 1 aromatic rings. The Morgan fingerprint density at radius 3 is 3.00 bits per heavy atom. The summed E-state index contributed by atoms with van der Waals surface area (Å²) in [5.41, 5.74) is 0. The summed E-state index contributed by atoms with van der Waals surface area (Å²) in [6.45, 7) is 2.59. The molecule has 2 heterocycles. The highest BCUT2D eigenvalue weighted by molar-refractivity contribution is 5.76. The third kappa shape index (κ3) is 2.16. The van der Waals surface area contributed by atoms with Crippen LogP contribution in [0.25, 0.3) is 0 Å². The fourth-order valence-electron chi connectivity index (χ4n) is 1.87. The van der Waals surface area contributed by atoms with Gasteiger partial charge in [0.15, 0.2) is 5.82 Å². The van der Waals surface area contributed by atoms with Gasteiger partial charge in [0.25, 0.3) is 0 Å². The molecule has 1 aliphatic heterocycles. The summed E-state index contributed by atoms with van der Waals surface area (Å²) in [5, 5.41) is 3.88. The molecule has 0 aromatic carbocycles. The van der Waals surface area contributed by atoms with Crippen LogP contribution >= 0.6 is 0 Å². The van der Waals surface area contributed by atoms with Gasteiger partial charge >= 0.3 is 0 Å². The fraction of sp³-hybridized carbons (Fsp3) is 0.700. The van der Waals surface area contributed by atoms with Gasteiger partial charge in [-0.25, -0.2) is 0 Å². The summed E-state index contributed by atoms with van der Waals surface area (Å²) in [5.74, 6) is 1.53. The van der Waals surface area contributed by atoms with Crippen LogP contribution < -0.4 is 0 Å². The molecule has 1 aromatic heterocycles. The number of carbonyl (C=O) groups excluding carboxylic acids is 1. The molecule has 15 heavy (non-hydrogen) atoms. The number of nitrogens with zero attached hydrogens (tertiary/aromatic N) is 3. The number of amides is 1. The van der Waals surface area contributed by atoms with Crippen LogP contribution in [0.15, 0.2) is 4.52 Å². The summed E-state index contributed by atoms with van der Waals surface area (Å²) in [6.07, 6.45) is 2.45. The Kier molecular flexibility index (Phi) is 2.70. The summed E-state index contributed by atoms with van der Waals surface area (Å²) in [6, 6.07) is 0. The summed E-state index contributed by atoms with van der Waals surface area (Å²) < 4.78 is 4.93. The minimum absolute atomic E-state index is 0.125. The first kappa shape index (κ1) is 10.1. The molecule has 1 fully saturated rings. The van der Waals surface area contributed by atoms with Gasteiger partial charge in [0, 0.05) is 32.9 Å². The van der Waals surface area contributed by atoms with Crippen molar-refractivity contribution in [3.8, 4) is 0 Å². The van der Waals surface area contributed by atoms with Gasteiger partial charge in [0.1, 0.15) is 0 Å². The van der Waals surface area contributed by atoms with Gasteiger partial charge in [-0.2, -0.15) is 4.98 Å². The lowest BCUT2D eigenvalue weighted by Gasteiger charge is -2.12. The second-order valence-corrected chi connectivity index (χ2v) is 4.03. The largest absolute Gasteiger partial charge is 0.346 e. The van der Waals surface area contributed by atoms with E-state index >= 15 is 0 Å². The molecule has 1 aliphatic rings. The monoisotopic (exact) mass is 209 g/mol. The Morgan fingerprint density at radius 1 is 1.53 bits per heavy atom. The first-order chi connectivity index (χ1) is 7.16. The molecular formula is C10H15N3O2. The summed E-state index contributed by atoms with van der Waals surface area (Å²) in [7, 11) is 1.84. The average molecular weight is 209 g/mol. The van der Waals surface area contributed by atoms with E-state index in [4.69, 9.17) is 4.52 Å². The van der Waals surface area contributed by atoms with Crippen molar-refractivity contribution in [2.45, 2.75) is 32.1 Å². The van der Waals surface area contributed by atoms with Crippen molar-refractivity contribution in [3.05, 3.63) is 11.7 Å². The van der Waals surface area contributed by atoms with Crippen molar-refractivity contribution in [1.82, 2.24) is 15.0 Å². The molecule has 0 N–H and O–H groups in total. The molecule has 5 nitrogen and oxygen atoms in total. The highest BCUT2D eigenvalue weighted by atomic mass is 16.5. The van der Waals surface area contributed by atoms with Crippen molar-refractivity contribution < 1.29 is 9.32 Å². The fourth-order valence-corrected chi connectivity index (χ4v) is 1.87. The van der Waals surface area contributed by atoms with Crippen molar-refractivity contribution >= 4 is 5.91 Å². The third-order valence-corrected chi connectivity index (χ3v) is 2.80. The SMILES string of the molecule is Cc1nc(C2CCCN(C)C(=O)C2)no1. The van der Waals surface area contributed by atoms with Crippen LogP contribution in [-0.4, -0.2) is 34.5 Å². The van der Waals surface area contributed by atoms with Gasteiger partial charge in [-0.15, -0.1) is 0 Å². The number of likely N-dealkylation sites (tertiary alicyclic amines) is 1. The number of aryl methyl sites for hydroxylation is 1. The lowest BCUT2D eigenvalue weighted by Crippen LogP contribution is -2.25. The smallest absolute Gasteiger partial charge is 0.223 e. The molecule has 0 aliphatic carbocycles. The van der Waals surface area contributed by atoms with Gasteiger partial charge in [-0.3, -0.25) is 4.79 Å². The molecule has 1 saturated heterocycles. The molecule has 0 saturated carbocycles. The second-order valence-electron chi connectivity index (χ2n) is 4.03. The van der Waals surface area contributed by atoms with Gasteiger partial charge < -0.3 is 9.42 Å². The minimum atomic E-state index is 0.125. The Hall–Kier alpha value is -1.39. The van der Waals surface area contributed by atoms with Gasteiger partial charge in [-0.1, -0.05) is 5.16 Å². The van der Waals surface area contributed by atoms with Crippen molar-refractivity contribution in [2.24, 2.45) is 0 Å². The molecule has 0 spiro atoms. The molecular weight excluding hydrogens is 194 g/mol. The van der Waals surface area contributed by atoms with Crippen LogP contribution in [0.4, 0.5) is 0 Å². The molecule has 1 unspecified atom stereocenters. The van der Waals surface area contributed by atoms with E-state index in [2.05, 4.69) is 10.1 Å². The normalized spacial score (nSPS) is 22.9. The van der Waals surface area contributed by atoms with Gasteiger partial charge in [-0.05, 0) is 12.8 Å². The van der Waals surface area contributed by atoms with Gasteiger partial charge in [0.2, 0.25) is 11.8 Å². The van der Waals surface area contributed by atoms with Crippen molar-refractivity contribution in [3.63, 3.8) is 0 Å². The molecule has 1 atom stereocenters. The number of carbonyl (C=O) groups is 1. The molecule has 0 radical (unpaired) electrons. The second kappa shape index (κ2) is 4.00. The van der Waals surface area contributed by atoms with Crippen LogP contribution in [0.3, 0.4) is 0 Å². The van der Waals surface area contributed by atoms with E-state index in [1.165, 1.54) is 0 Å². The lowest BCUT2D eigenvalue weighted by molar-refractivity contribution is -0.129. The first-order valence-corrected chi connectivity index (χ1v) is 5.21. The molecule has 2 rings (SSSR count). The lowest BCUT2D eigenvalue weighted by atomic mass is 10.00. The maximum atomic E-state index is 11.6. The maximum Gasteiger partial charge on any atom is 0.223 e. The van der Waals surface area contributed by atoms with Gasteiger partial charge in [0.05, 0.1) is 0 Å². The summed E-state index contributed by atoms with van der Waals surface area (Å²) in [4.78, 5) is 17.6. The highest BCUT2D eigenvalue weighted by Gasteiger charge is 2.25. The van der Waals surface area contributed by atoms with Crippen molar-refractivity contribution in [2.75, 3.05) is 13.6 Å². The van der Waals surface area contributed by atoms with E-state index < -0.39 is 0 Å². The first-order valence-electron chi connectivity index (χ1n) is 5.21. The Morgan fingerprint density at radius 2 is 2.33 bits per heavy atom. The third-order valence-electron chi connectivity index (χ3n) is 2.80. The summed E-state index contributed by atoms with van der Waals surface area (Å²) >= 11 is 0. The molecule has 1 amide bonds. The van der Waals surface area contributed by atoms with Crippen LogP contribution in [0.1, 0.15) is 36.9 Å². The zero-order valence-corrected chi connectivity index (χ0v) is 9.06. The van der Waals surface area contributed by atoms with Crippen LogP contribution in [0.2, 0.25) is 0 Å². The van der Waals surface area contributed by atoms with E-state index in [0.717, 1.165) is 19.4 Å². The van der Waals surface area contributed by atoms with E-state index in [0.29, 0.717) is 18.1 Å². The standard InChI is InChI=1S/C10H15N3O2/c1-7-11-10(12-15-7)8-4-3-5-13(2)9(14)6-8/h8H,3-6H2,1-2H3. The quantitative estimate of drug-likeness (QED) is 0.695. The van der Waals surface area contributed by atoms with Crippen LogP contribution in [0, 0.1) is 6.92 Å². The van der Waals surface area contributed by atoms with Crippen molar-refractivity contribution in [1.29, 1.82) is 0 Å². The Labute approximate surface area is 88.5 Å². The average Bonchev–Trinajstić information content (AvgIpc) is 2.55.